The van der Waals surface area contributed by atoms with E-state index in [1.165, 1.54) is 9.71 Å². The third-order valence-corrected chi connectivity index (χ3v) is 6.66. The van der Waals surface area contributed by atoms with E-state index >= 15 is 0 Å². The molecule has 1 saturated heterocycles. The predicted octanol–water partition coefficient (Wildman–Crippen LogP) is 4.51. The average molecular weight is 374 g/mol. The molecule has 0 N–H and O–H groups in total. The molecule has 1 amide bonds. The Hall–Kier alpha value is -1.46. The zero-order valence-corrected chi connectivity index (χ0v) is 17.4. The normalized spacial score (nSPS) is 18.0. The number of fused-ring (bicyclic) bond motifs is 1. The van der Waals surface area contributed by atoms with Gasteiger partial charge in [0.15, 0.2) is 0 Å². The highest BCUT2D eigenvalue weighted by Gasteiger charge is 2.32. The van der Waals surface area contributed by atoms with Gasteiger partial charge in [-0.1, -0.05) is 12.1 Å². The standard InChI is InChI=1S/C21H31N3OS/c1-14(2)24(15(3)4)21(25)16(5)23-12-10-17(11-13-23)20-22-18-8-6-7-9-19(18)26-20/h6-9,14-17H,10-13H2,1-5H3. The van der Waals surface area contributed by atoms with Crippen LogP contribution in [0.15, 0.2) is 24.3 Å². The molecule has 2 heterocycles. The minimum Gasteiger partial charge on any atom is -0.336 e. The van der Waals surface area contributed by atoms with Crippen molar-refractivity contribution < 1.29 is 4.79 Å². The van der Waals surface area contributed by atoms with Crippen molar-refractivity contribution in [2.24, 2.45) is 0 Å². The van der Waals surface area contributed by atoms with Gasteiger partial charge in [-0.05, 0) is 72.7 Å². The van der Waals surface area contributed by atoms with Crippen LogP contribution in [0.2, 0.25) is 0 Å². The van der Waals surface area contributed by atoms with E-state index in [-0.39, 0.29) is 24.0 Å². The number of carbonyl (C=O) groups is 1. The third-order valence-electron chi connectivity index (χ3n) is 5.46. The van der Waals surface area contributed by atoms with Crippen LogP contribution < -0.4 is 0 Å². The highest BCUT2D eigenvalue weighted by atomic mass is 32.1. The zero-order valence-electron chi connectivity index (χ0n) is 16.6. The molecule has 0 bridgehead atoms. The lowest BCUT2D eigenvalue weighted by atomic mass is 9.96. The second-order valence-corrected chi connectivity index (χ2v) is 9.00. The van der Waals surface area contributed by atoms with Crippen molar-refractivity contribution in [1.82, 2.24) is 14.8 Å². The SMILES string of the molecule is CC(C(=O)N(C(C)C)C(C)C)N1CCC(c2nc3ccccc3s2)CC1. The Morgan fingerprint density at radius 3 is 2.31 bits per heavy atom. The van der Waals surface area contributed by atoms with Gasteiger partial charge in [0.1, 0.15) is 0 Å². The van der Waals surface area contributed by atoms with Gasteiger partial charge in [0.05, 0.1) is 21.3 Å². The Morgan fingerprint density at radius 1 is 1.12 bits per heavy atom. The summed E-state index contributed by atoms with van der Waals surface area (Å²) >= 11 is 1.83. The Morgan fingerprint density at radius 2 is 1.73 bits per heavy atom. The molecule has 1 aromatic carbocycles. The molecule has 142 valence electrons. The number of aromatic nitrogens is 1. The summed E-state index contributed by atoms with van der Waals surface area (Å²) in [5.41, 5.74) is 1.11. The molecule has 1 atom stereocenters. The van der Waals surface area contributed by atoms with Crippen molar-refractivity contribution in [3.8, 4) is 0 Å². The summed E-state index contributed by atoms with van der Waals surface area (Å²) in [5, 5.41) is 1.26. The lowest BCUT2D eigenvalue weighted by Crippen LogP contribution is -2.53. The number of thiazole rings is 1. The molecule has 26 heavy (non-hydrogen) atoms. The van der Waals surface area contributed by atoms with Gasteiger partial charge in [0.25, 0.3) is 0 Å². The van der Waals surface area contributed by atoms with Crippen molar-refractivity contribution in [1.29, 1.82) is 0 Å². The van der Waals surface area contributed by atoms with Gasteiger partial charge >= 0.3 is 0 Å². The molecule has 1 aromatic heterocycles. The molecule has 4 nitrogen and oxygen atoms in total. The zero-order chi connectivity index (χ0) is 18.8. The number of para-hydroxylation sites is 1. The van der Waals surface area contributed by atoms with E-state index in [2.05, 4.69) is 63.8 Å². The topological polar surface area (TPSA) is 36.4 Å². The lowest BCUT2D eigenvalue weighted by Gasteiger charge is -2.39. The Labute approximate surface area is 161 Å². The van der Waals surface area contributed by atoms with Crippen molar-refractivity contribution in [2.45, 2.75) is 71.5 Å². The van der Waals surface area contributed by atoms with Gasteiger partial charge in [0, 0.05) is 18.0 Å². The van der Waals surface area contributed by atoms with Crippen LogP contribution in [0.3, 0.4) is 0 Å². The first-order valence-electron chi connectivity index (χ1n) is 9.80. The summed E-state index contributed by atoms with van der Waals surface area (Å²) in [6, 6.07) is 8.81. The molecular weight excluding hydrogens is 342 g/mol. The summed E-state index contributed by atoms with van der Waals surface area (Å²) in [4.78, 5) is 22.2. The van der Waals surface area contributed by atoms with E-state index in [0.717, 1.165) is 31.4 Å². The van der Waals surface area contributed by atoms with E-state index in [4.69, 9.17) is 4.98 Å². The van der Waals surface area contributed by atoms with Crippen molar-refractivity contribution >= 4 is 27.5 Å². The van der Waals surface area contributed by atoms with Crippen LogP contribution in [0.25, 0.3) is 10.2 Å². The molecule has 3 rings (SSSR count). The fourth-order valence-corrected chi connectivity index (χ4v) is 5.21. The van der Waals surface area contributed by atoms with E-state index in [1.54, 1.807) is 0 Å². The van der Waals surface area contributed by atoms with Gasteiger partial charge < -0.3 is 4.90 Å². The van der Waals surface area contributed by atoms with E-state index in [0.29, 0.717) is 5.92 Å². The first kappa shape index (κ1) is 19.3. The smallest absolute Gasteiger partial charge is 0.240 e. The maximum atomic E-state index is 13.0. The maximum absolute atomic E-state index is 13.0. The first-order valence-corrected chi connectivity index (χ1v) is 10.6. The van der Waals surface area contributed by atoms with Crippen LogP contribution in [-0.4, -0.2) is 51.9 Å². The fourth-order valence-electron chi connectivity index (χ4n) is 4.08. The Balaban J connectivity index is 1.63. The van der Waals surface area contributed by atoms with Crippen LogP contribution >= 0.6 is 11.3 Å². The summed E-state index contributed by atoms with van der Waals surface area (Å²) in [5.74, 6) is 0.783. The summed E-state index contributed by atoms with van der Waals surface area (Å²) in [7, 11) is 0. The number of nitrogens with zero attached hydrogens (tertiary/aromatic N) is 3. The minimum atomic E-state index is -0.0453. The minimum absolute atomic E-state index is 0.0453. The number of benzene rings is 1. The van der Waals surface area contributed by atoms with Gasteiger partial charge in [-0.15, -0.1) is 11.3 Å². The largest absolute Gasteiger partial charge is 0.336 e. The fraction of sp³-hybridized carbons (Fsp3) is 0.619. The molecule has 0 aliphatic carbocycles. The van der Waals surface area contributed by atoms with Crippen LogP contribution in [0.1, 0.15) is 58.4 Å². The van der Waals surface area contributed by atoms with Gasteiger partial charge in [-0.25, -0.2) is 4.98 Å². The molecule has 1 aliphatic rings. The van der Waals surface area contributed by atoms with Crippen LogP contribution in [-0.2, 0) is 4.79 Å². The van der Waals surface area contributed by atoms with Crippen molar-refractivity contribution in [2.75, 3.05) is 13.1 Å². The molecule has 2 aromatic rings. The summed E-state index contributed by atoms with van der Waals surface area (Å²) in [6.07, 6.45) is 2.17. The van der Waals surface area contributed by atoms with Crippen molar-refractivity contribution in [3.63, 3.8) is 0 Å². The molecule has 1 aliphatic heterocycles. The quantitative estimate of drug-likeness (QED) is 0.774. The third kappa shape index (κ3) is 3.94. The average Bonchev–Trinajstić information content (AvgIpc) is 3.04. The van der Waals surface area contributed by atoms with Gasteiger partial charge in [0.2, 0.25) is 5.91 Å². The number of hydrogen-bond acceptors (Lipinski definition) is 4. The summed E-state index contributed by atoms with van der Waals surface area (Å²) < 4.78 is 1.28. The van der Waals surface area contributed by atoms with E-state index in [1.807, 2.05) is 16.2 Å². The predicted molar refractivity (Wildman–Crippen MR) is 110 cm³/mol. The Bertz CT molecular complexity index is 706. The molecule has 1 unspecified atom stereocenters. The monoisotopic (exact) mass is 373 g/mol. The van der Waals surface area contributed by atoms with Crippen molar-refractivity contribution in [3.05, 3.63) is 29.3 Å². The first-order chi connectivity index (χ1) is 12.4. The molecule has 0 radical (unpaired) electrons. The maximum Gasteiger partial charge on any atom is 0.240 e. The highest BCUT2D eigenvalue weighted by molar-refractivity contribution is 7.18. The Kier molecular flexibility index (Phi) is 5.98. The second-order valence-electron chi connectivity index (χ2n) is 7.94. The number of likely N-dealkylation sites (tertiary alicyclic amines) is 1. The molecule has 0 spiro atoms. The number of hydrogen-bond donors (Lipinski definition) is 0. The summed E-state index contributed by atoms with van der Waals surface area (Å²) in [6.45, 7) is 12.4. The molecular formula is C21H31N3OS. The van der Waals surface area contributed by atoms with E-state index in [9.17, 15) is 4.79 Å². The number of amides is 1. The van der Waals surface area contributed by atoms with Crippen LogP contribution in [0.4, 0.5) is 0 Å². The van der Waals surface area contributed by atoms with Crippen LogP contribution in [0, 0.1) is 0 Å². The number of carbonyl (C=O) groups excluding carboxylic acids is 1. The van der Waals surface area contributed by atoms with Gasteiger partial charge in [-0.2, -0.15) is 0 Å². The lowest BCUT2D eigenvalue weighted by molar-refractivity contribution is -0.140. The number of rotatable bonds is 5. The molecule has 5 heteroatoms. The van der Waals surface area contributed by atoms with E-state index < -0.39 is 0 Å². The second kappa shape index (κ2) is 8.05. The van der Waals surface area contributed by atoms with Crippen LogP contribution in [0.5, 0.6) is 0 Å². The number of piperidine rings is 1. The molecule has 1 fully saturated rings. The van der Waals surface area contributed by atoms with Gasteiger partial charge in [-0.3, -0.25) is 9.69 Å². The molecule has 0 saturated carbocycles. The highest BCUT2D eigenvalue weighted by Crippen LogP contribution is 2.34.